The number of sulfone groups is 1. The maximum Gasteiger partial charge on any atom is 0.168 e. The van der Waals surface area contributed by atoms with Crippen molar-refractivity contribution < 1.29 is 22.3 Å². The highest BCUT2D eigenvalue weighted by molar-refractivity contribution is 7.91. The topological polar surface area (TPSA) is 98.6 Å². The number of nitrogens with zero attached hydrogens (tertiary/aromatic N) is 4. The van der Waals surface area contributed by atoms with Crippen molar-refractivity contribution in [1.29, 1.82) is 0 Å². The second-order valence-electron chi connectivity index (χ2n) is 9.89. The molecule has 2 aromatic heterocycles. The average Bonchev–Trinajstić information content (AvgIpc) is 3.66. The van der Waals surface area contributed by atoms with Gasteiger partial charge < -0.3 is 19.7 Å². The van der Waals surface area contributed by atoms with Crippen molar-refractivity contribution in [2.75, 3.05) is 48.0 Å². The van der Waals surface area contributed by atoms with Crippen molar-refractivity contribution in [2.45, 2.75) is 37.6 Å². The smallest absolute Gasteiger partial charge is 0.168 e. The van der Waals surface area contributed by atoms with E-state index in [2.05, 4.69) is 10.3 Å². The van der Waals surface area contributed by atoms with E-state index >= 15 is 0 Å². The Morgan fingerprint density at radius 1 is 1.05 bits per heavy atom. The second-order valence-corrected chi connectivity index (χ2v) is 12.2. The summed E-state index contributed by atoms with van der Waals surface area (Å²) in [5.74, 6) is 1.92. The lowest BCUT2D eigenvalue weighted by Crippen LogP contribution is -2.40. The van der Waals surface area contributed by atoms with E-state index in [0.717, 1.165) is 50.3 Å². The Morgan fingerprint density at radius 3 is 2.59 bits per heavy atom. The van der Waals surface area contributed by atoms with Gasteiger partial charge in [0, 0.05) is 50.2 Å². The van der Waals surface area contributed by atoms with Crippen molar-refractivity contribution in [3.05, 3.63) is 54.2 Å². The molecule has 9 nitrogen and oxygen atoms in total. The Hall–Kier alpha value is -3.18. The number of hydrogen-bond donors (Lipinski definition) is 1. The monoisotopic (exact) mass is 527 g/mol. The molecular weight excluding hydrogens is 497 g/mol. The first kappa shape index (κ1) is 24.2. The van der Waals surface area contributed by atoms with Gasteiger partial charge in [-0.3, -0.25) is 4.68 Å². The van der Waals surface area contributed by atoms with E-state index in [1.54, 1.807) is 35.4 Å². The number of halogens is 1. The molecule has 1 aromatic carbocycles. The van der Waals surface area contributed by atoms with Gasteiger partial charge in [-0.05, 0) is 49.9 Å². The van der Waals surface area contributed by atoms with Gasteiger partial charge in [0.2, 0.25) is 0 Å². The van der Waals surface area contributed by atoms with Crippen molar-refractivity contribution in [2.24, 2.45) is 0 Å². The Bertz CT molecular complexity index is 1370. The molecule has 0 spiro atoms. The molecule has 37 heavy (non-hydrogen) atoms. The lowest BCUT2D eigenvalue weighted by Gasteiger charge is -2.29. The van der Waals surface area contributed by atoms with Crippen LogP contribution >= 0.6 is 0 Å². The van der Waals surface area contributed by atoms with Gasteiger partial charge in [-0.25, -0.2) is 17.8 Å². The third-order valence-corrected chi connectivity index (χ3v) is 8.73. The largest absolute Gasteiger partial charge is 0.454 e. The first-order chi connectivity index (χ1) is 17.9. The van der Waals surface area contributed by atoms with Crippen LogP contribution in [0.4, 0.5) is 21.6 Å². The Kier molecular flexibility index (Phi) is 6.49. The number of nitrogens with one attached hydrogen (secondary N) is 1. The molecule has 3 aromatic rings. The normalized spacial score (nSPS) is 20.1. The van der Waals surface area contributed by atoms with Gasteiger partial charge in [-0.2, -0.15) is 5.10 Å². The molecule has 1 saturated carbocycles. The number of pyridine rings is 1. The summed E-state index contributed by atoms with van der Waals surface area (Å²) in [6.45, 7) is 2.01. The van der Waals surface area contributed by atoms with Gasteiger partial charge in [-0.15, -0.1) is 0 Å². The van der Waals surface area contributed by atoms with Crippen molar-refractivity contribution in [3.8, 4) is 11.5 Å². The molecule has 0 bridgehead atoms. The molecule has 0 radical (unpaired) electrons. The van der Waals surface area contributed by atoms with Crippen LogP contribution in [-0.4, -0.2) is 61.0 Å². The van der Waals surface area contributed by atoms with Crippen LogP contribution in [-0.2, 0) is 14.6 Å². The number of anilines is 3. The first-order valence-corrected chi connectivity index (χ1v) is 14.6. The maximum absolute atomic E-state index is 14.6. The van der Waals surface area contributed by atoms with Crippen LogP contribution < -0.4 is 15.0 Å². The van der Waals surface area contributed by atoms with Crippen LogP contribution in [0.5, 0.6) is 11.5 Å². The predicted octanol–water partition coefficient (Wildman–Crippen LogP) is 4.42. The zero-order valence-corrected chi connectivity index (χ0v) is 21.3. The van der Waals surface area contributed by atoms with Gasteiger partial charge in [-0.1, -0.05) is 0 Å². The van der Waals surface area contributed by atoms with Gasteiger partial charge >= 0.3 is 0 Å². The molecule has 3 aliphatic rings. The Labute approximate surface area is 215 Å². The molecule has 2 aliphatic heterocycles. The SMILES string of the molecule is O=S1(=O)CCN(c2cc(Nc3cc(Oc4cn(C5CC5)nc4C4CCOCC4)ccn3)ccc2F)CC1. The minimum absolute atomic E-state index is 0.0260. The Morgan fingerprint density at radius 2 is 1.84 bits per heavy atom. The molecule has 196 valence electrons. The summed E-state index contributed by atoms with van der Waals surface area (Å²) in [5.41, 5.74) is 2.01. The summed E-state index contributed by atoms with van der Waals surface area (Å²) in [6.07, 6.45) is 7.81. The van der Waals surface area contributed by atoms with E-state index < -0.39 is 9.84 Å². The van der Waals surface area contributed by atoms with Gasteiger partial charge in [0.15, 0.2) is 15.6 Å². The second kappa shape index (κ2) is 9.94. The molecule has 2 saturated heterocycles. The fourth-order valence-electron chi connectivity index (χ4n) is 4.85. The lowest BCUT2D eigenvalue weighted by atomic mass is 9.96. The van der Waals surface area contributed by atoms with E-state index in [0.29, 0.717) is 34.9 Å². The number of benzene rings is 1. The highest BCUT2D eigenvalue weighted by Crippen LogP contribution is 2.40. The van der Waals surface area contributed by atoms with E-state index in [9.17, 15) is 12.8 Å². The van der Waals surface area contributed by atoms with E-state index in [1.165, 1.54) is 6.07 Å². The Balaban J connectivity index is 1.20. The summed E-state index contributed by atoms with van der Waals surface area (Å²) in [4.78, 5) is 6.17. The molecule has 0 amide bonds. The maximum atomic E-state index is 14.6. The summed E-state index contributed by atoms with van der Waals surface area (Å²) >= 11 is 0. The molecule has 0 atom stereocenters. The van der Waals surface area contributed by atoms with Crippen LogP contribution in [0.25, 0.3) is 0 Å². The molecular formula is C26H30FN5O4S. The molecule has 1 N–H and O–H groups in total. The molecule has 3 fully saturated rings. The predicted molar refractivity (Wildman–Crippen MR) is 138 cm³/mol. The van der Waals surface area contributed by atoms with Crippen molar-refractivity contribution in [1.82, 2.24) is 14.8 Å². The molecule has 4 heterocycles. The van der Waals surface area contributed by atoms with E-state index in [-0.39, 0.29) is 30.4 Å². The molecule has 11 heteroatoms. The van der Waals surface area contributed by atoms with Gasteiger partial charge in [0.1, 0.15) is 23.1 Å². The summed E-state index contributed by atoms with van der Waals surface area (Å²) in [7, 11) is -3.05. The highest BCUT2D eigenvalue weighted by atomic mass is 32.2. The third-order valence-electron chi connectivity index (χ3n) is 7.12. The number of rotatable bonds is 7. The lowest BCUT2D eigenvalue weighted by molar-refractivity contribution is 0.0839. The zero-order chi connectivity index (χ0) is 25.4. The fraction of sp³-hybridized carbons (Fsp3) is 0.462. The van der Waals surface area contributed by atoms with Crippen LogP contribution in [0, 0.1) is 5.82 Å². The van der Waals surface area contributed by atoms with Crippen LogP contribution in [0.2, 0.25) is 0 Å². The van der Waals surface area contributed by atoms with Crippen molar-refractivity contribution >= 4 is 27.0 Å². The fourth-order valence-corrected chi connectivity index (χ4v) is 6.05. The molecule has 1 aliphatic carbocycles. The number of aromatic nitrogens is 3. The van der Waals surface area contributed by atoms with Crippen molar-refractivity contribution in [3.63, 3.8) is 0 Å². The minimum atomic E-state index is -3.05. The van der Waals surface area contributed by atoms with E-state index in [4.69, 9.17) is 14.6 Å². The quantitative estimate of drug-likeness (QED) is 0.482. The number of hydrogen-bond acceptors (Lipinski definition) is 8. The average molecular weight is 528 g/mol. The highest BCUT2D eigenvalue weighted by Gasteiger charge is 2.30. The van der Waals surface area contributed by atoms with Gasteiger partial charge in [0.25, 0.3) is 0 Å². The van der Waals surface area contributed by atoms with E-state index in [1.807, 2.05) is 10.9 Å². The van der Waals surface area contributed by atoms with Crippen LogP contribution in [0.15, 0.2) is 42.7 Å². The molecule has 0 unspecified atom stereocenters. The van der Waals surface area contributed by atoms with Gasteiger partial charge in [0.05, 0.1) is 29.4 Å². The summed E-state index contributed by atoms with van der Waals surface area (Å²) < 4.78 is 52.0. The van der Waals surface area contributed by atoms with Crippen LogP contribution in [0.3, 0.4) is 0 Å². The third kappa shape index (κ3) is 5.57. The minimum Gasteiger partial charge on any atom is -0.454 e. The summed E-state index contributed by atoms with van der Waals surface area (Å²) in [5, 5.41) is 8.10. The summed E-state index contributed by atoms with van der Waals surface area (Å²) in [6, 6.07) is 8.77. The number of ether oxygens (including phenoxy) is 2. The van der Waals surface area contributed by atoms with Crippen LogP contribution in [0.1, 0.15) is 43.3 Å². The first-order valence-electron chi connectivity index (χ1n) is 12.8. The zero-order valence-electron chi connectivity index (χ0n) is 20.5. The molecule has 6 rings (SSSR count). The standard InChI is InChI=1S/C26H30FN5O4S/c27-22-4-1-19(15-23(22)31-9-13-37(33,34)14-10-31)29-25-16-21(5-8-28-25)36-24-17-32(20-2-3-20)30-26(24)18-6-11-35-12-7-18/h1,4-5,8,15-18,20H,2-3,6-7,9-14H2,(H,28,29).